The zero-order valence-electron chi connectivity index (χ0n) is 11.8. The van der Waals surface area contributed by atoms with Gasteiger partial charge in [-0.2, -0.15) is 0 Å². The SMILES string of the molecule is O=C1/C(=C\c2ccccc2Cl)SC(=S)N1CN1CCOCC1. The molecule has 4 nitrogen and oxygen atoms in total. The summed E-state index contributed by atoms with van der Waals surface area (Å²) in [5, 5.41) is 0.626. The van der Waals surface area contributed by atoms with Crippen molar-refractivity contribution in [1.29, 1.82) is 0 Å². The highest BCUT2D eigenvalue weighted by atomic mass is 35.5. The van der Waals surface area contributed by atoms with E-state index in [1.807, 2.05) is 24.3 Å². The van der Waals surface area contributed by atoms with Crippen LogP contribution in [0.25, 0.3) is 6.08 Å². The first-order valence-electron chi connectivity index (χ1n) is 6.95. The van der Waals surface area contributed by atoms with Gasteiger partial charge in [0.05, 0.1) is 24.8 Å². The summed E-state index contributed by atoms with van der Waals surface area (Å²) in [7, 11) is 0. The fourth-order valence-electron chi connectivity index (χ4n) is 2.30. The quantitative estimate of drug-likeness (QED) is 0.615. The van der Waals surface area contributed by atoms with Crippen LogP contribution in [-0.2, 0) is 9.53 Å². The van der Waals surface area contributed by atoms with Crippen molar-refractivity contribution < 1.29 is 9.53 Å². The van der Waals surface area contributed by atoms with Crippen LogP contribution in [0.3, 0.4) is 0 Å². The first-order chi connectivity index (χ1) is 10.6. The number of hydrogen-bond donors (Lipinski definition) is 0. The molecule has 3 rings (SSSR count). The maximum Gasteiger partial charge on any atom is 0.267 e. The molecule has 0 atom stereocenters. The third-order valence-electron chi connectivity index (χ3n) is 3.51. The molecule has 0 radical (unpaired) electrons. The van der Waals surface area contributed by atoms with Crippen molar-refractivity contribution in [3.63, 3.8) is 0 Å². The Labute approximate surface area is 144 Å². The molecule has 0 aliphatic carbocycles. The van der Waals surface area contributed by atoms with Gasteiger partial charge in [-0.25, -0.2) is 0 Å². The van der Waals surface area contributed by atoms with E-state index in [4.69, 9.17) is 28.6 Å². The average Bonchev–Trinajstić information content (AvgIpc) is 2.78. The van der Waals surface area contributed by atoms with E-state index in [9.17, 15) is 4.79 Å². The summed E-state index contributed by atoms with van der Waals surface area (Å²) < 4.78 is 5.91. The maximum atomic E-state index is 12.6. The molecule has 0 unspecified atom stereocenters. The van der Waals surface area contributed by atoms with Gasteiger partial charge < -0.3 is 4.74 Å². The van der Waals surface area contributed by atoms with Crippen LogP contribution in [-0.4, -0.2) is 53.0 Å². The molecule has 2 aliphatic rings. The second kappa shape index (κ2) is 7.10. The minimum absolute atomic E-state index is 0.0542. The number of carbonyl (C=O) groups is 1. The second-order valence-corrected chi connectivity index (χ2v) is 7.09. The van der Waals surface area contributed by atoms with Crippen molar-refractivity contribution in [2.45, 2.75) is 0 Å². The van der Waals surface area contributed by atoms with Gasteiger partial charge in [-0.05, 0) is 17.7 Å². The van der Waals surface area contributed by atoms with Gasteiger partial charge in [0.1, 0.15) is 4.32 Å². The van der Waals surface area contributed by atoms with Crippen molar-refractivity contribution in [3.8, 4) is 0 Å². The van der Waals surface area contributed by atoms with E-state index in [2.05, 4.69) is 4.90 Å². The van der Waals surface area contributed by atoms with E-state index in [-0.39, 0.29) is 5.91 Å². The number of amides is 1. The molecule has 0 spiro atoms. The van der Waals surface area contributed by atoms with Crippen molar-refractivity contribution in [2.24, 2.45) is 0 Å². The first kappa shape index (κ1) is 16.0. The summed E-state index contributed by atoms with van der Waals surface area (Å²) in [5.41, 5.74) is 0.830. The number of thioether (sulfide) groups is 1. The van der Waals surface area contributed by atoms with E-state index in [1.54, 1.807) is 11.0 Å². The van der Waals surface area contributed by atoms with Crippen molar-refractivity contribution in [1.82, 2.24) is 9.80 Å². The van der Waals surface area contributed by atoms with Gasteiger partial charge in [0.25, 0.3) is 5.91 Å². The van der Waals surface area contributed by atoms with E-state index in [1.165, 1.54) is 11.8 Å². The number of rotatable bonds is 3. The van der Waals surface area contributed by atoms with Gasteiger partial charge in [-0.15, -0.1) is 0 Å². The van der Waals surface area contributed by atoms with Gasteiger partial charge >= 0.3 is 0 Å². The zero-order valence-corrected chi connectivity index (χ0v) is 14.2. The maximum absolute atomic E-state index is 12.6. The molecule has 1 aromatic rings. The third kappa shape index (κ3) is 3.52. The molecule has 0 saturated carbocycles. The Bertz CT molecular complexity index is 630. The Hall–Kier alpha value is -0.920. The summed E-state index contributed by atoms with van der Waals surface area (Å²) in [6.07, 6.45) is 1.81. The van der Waals surface area contributed by atoms with E-state index in [0.29, 0.717) is 34.1 Å². The predicted octanol–water partition coefficient (Wildman–Crippen LogP) is 2.83. The molecule has 7 heteroatoms. The van der Waals surface area contributed by atoms with Gasteiger partial charge in [-0.3, -0.25) is 14.6 Å². The highest BCUT2D eigenvalue weighted by Gasteiger charge is 2.33. The molecule has 2 heterocycles. The van der Waals surface area contributed by atoms with Gasteiger partial charge in [0.15, 0.2) is 0 Å². The van der Waals surface area contributed by atoms with Crippen LogP contribution < -0.4 is 0 Å². The smallest absolute Gasteiger partial charge is 0.267 e. The topological polar surface area (TPSA) is 32.8 Å². The minimum Gasteiger partial charge on any atom is -0.379 e. The monoisotopic (exact) mass is 354 g/mol. The van der Waals surface area contributed by atoms with Crippen LogP contribution in [0.1, 0.15) is 5.56 Å². The van der Waals surface area contributed by atoms with Crippen LogP contribution in [0.5, 0.6) is 0 Å². The normalized spacial score (nSPS) is 21.9. The van der Waals surface area contributed by atoms with E-state index in [0.717, 1.165) is 18.7 Å². The number of benzene rings is 1. The van der Waals surface area contributed by atoms with Crippen LogP contribution in [0.2, 0.25) is 5.02 Å². The number of thiocarbonyl (C=S) groups is 1. The summed E-state index contributed by atoms with van der Waals surface area (Å²) in [5.74, 6) is -0.0542. The largest absolute Gasteiger partial charge is 0.379 e. The lowest BCUT2D eigenvalue weighted by Gasteiger charge is -2.29. The van der Waals surface area contributed by atoms with Gasteiger partial charge in [-0.1, -0.05) is 53.8 Å². The fraction of sp³-hybridized carbons (Fsp3) is 0.333. The lowest BCUT2D eigenvalue weighted by atomic mass is 10.2. The third-order valence-corrected chi connectivity index (χ3v) is 5.23. The Morgan fingerprint density at radius 3 is 2.77 bits per heavy atom. The van der Waals surface area contributed by atoms with Crippen LogP contribution in [0.4, 0.5) is 0 Å². The number of carbonyl (C=O) groups excluding carboxylic acids is 1. The Morgan fingerprint density at radius 1 is 1.32 bits per heavy atom. The standard InChI is InChI=1S/C15H15ClN2O2S2/c16-12-4-2-1-3-11(12)9-13-14(19)18(15(21)22-13)10-17-5-7-20-8-6-17/h1-4,9H,5-8,10H2/b13-9+. The molecule has 0 bridgehead atoms. The molecule has 2 saturated heterocycles. The zero-order chi connectivity index (χ0) is 15.5. The molecule has 22 heavy (non-hydrogen) atoms. The number of ether oxygens (including phenoxy) is 1. The minimum atomic E-state index is -0.0542. The number of nitrogens with zero attached hydrogens (tertiary/aromatic N) is 2. The first-order valence-corrected chi connectivity index (χ1v) is 8.55. The molecular weight excluding hydrogens is 340 g/mol. The molecule has 0 aromatic heterocycles. The molecule has 0 N–H and O–H groups in total. The van der Waals surface area contributed by atoms with E-state index >= 15 is 0 Å². The molecule has 2 fully saturated rings. The lowest BCUT2D eigenvalue weighted by Crippen LogP contribution is -2.45. The Balaban J connectivity index is 1.75. The van der Waals surface area contributed by atoms with Crippen molar-refractivity contribution in [2.75, 3.05) is 33.0 Å². The number of halogens is 1. The molecule has 2 aliphatic heterocycles. The number of hydrogen-bond acceptors (Lipinski definition) is 5. The van der Waals surface area contributed by atoms with Crippen LogP contribution >= 0.6 is 35.6 Å². The summed E-state index contributed by atoms with van der Waals surface area (Å²) in [6, 6.07) is 7.45. The summed E-state index contributed by atoms with van der Waals surface area (Å²) >= 11 is 12.8. The van der Waals surface area contributed by atoms with Gasteiger partial charge in [0, 0.05) is 18.1 Å². The molecule has 116 valence electrons. The van der Waals surface area contributed by atoms with Gasteiger partial charge in [0.2, 0.25) is 0 Å². The second-order valence-electron chi connectivity index (χ2n) is 5.00. The van der Waals surface area contributed by atoms with Crippen LogP contribution in [0.15, 0.2) is 29.2 Å². The molecule has 1 amide bonds. The Morgan fingerprint density at radius 2 is 2.05 bits per heavy atom. The summed E-state index contributed by atoms with van der Waals surface area (Å²) in [4.78, 5) is 17.0. The number of morpholine rings is 1. The lowest BCUT2D eigenvalue weighted by molar-refractivity contribution is -0.124. The van der Waals surface area contributed by atoms with Crippen molar-refractivity contribution in [3.05, 3.63) is 39.8 Å². The highest BCUT2D eigenvalue weighted by molar-refractivity contribution is 8.26. The van der Waals surface area contributed by atoms with Crippen LogP contribution in [0, 0.1) is 0 Å². The highest BCUT2D eigenvalue weighted by Crippen LogP contribution is 2.33. The predicted molar refractivity (Wildman–Crippen MR) is 93.7 cm³/mol. The Kier molecular flexibility index (Phi) is 5.15. The summed E-state index contributed by atoms with van der Waals surface area (Å²) in [6.45, 7) is 3.56. The van der Waals surface area contributed by atoms with Crippen molar-refractivity contribution >= 4 is 51.9 Å². The average molecular weight is 355 g/mol. The molecule has 1 aromatic carbocycles. The molecular formula is C15H15ClN2O2S2. The fourth-order valence-corrected chi connectivity index (χ4v) is 3.72. The van der Waals surface area contributed by atoms with E-state index < -0.39 is 0 Å².